The fourth-order valence-electron chi connectivity index (χ4n) is 3.12. The van der Waals surface area contributed by atoms with E-state index in [0.717, 1.165) is 16.6 Å². The van der Waals surface area contributed by atoms with Gasteiger partial charge in [0.2, 0.25) is 0 Å². The molecular formula is C19H20ClN7O2S. The van der Waals surface area contributed by atoms with E-state index in [-0.39, 0.29) is 11.6 Å². The largest absolute Gasteiger partial charge is 0.358 e. The van der Waals surface area contributed by atoms with Gasteiger partial charge < -0.3 is 14.0 Å². The van der Waals surface area contributed by atoms with Gasteiger partial charge in [0.1, 0.15) is 5.82 Å². The molecule has 156 valence electrons. The third kappa shape index (κ3) is 4.02. The molecule has 0 aliphatic heterocycles. The van der Waals surface area contributed by atoms with Crippen LogP contribution in [0.3, 0.4) is 0 Å². The third-order valence-corrected chi connectivity index (χ3v) is 6.46. The van der Waals surface area contributed by atoms with Crippen LogP contribution in [0.25, 0.3) is 16.6 Å². The van der Waals surface area contributed by atoms with E-state index in [1.165, 1.54) is 17.1 Å². The summed E-state index contributed by atoms with van der Waals surface area (Å²) in [6, 6.07) is 7.49. The van der Waals surface area contributed by atoms with Crippen LogP contribution in [-0.2, 0) is 17.1 Å². The van der Waals surface area contributed by atoms with Crippen molar-refractivity contribution in [1.82, 2.24) is 28.8 Å². The predicted octanol–water partition coefficient (Wildman–Crippen LogP) is 2.22. The number of aromatic nitrogens is 5. The van der Waals surface area contributed by atoms with Crippen LogP contribution in [0.1, 0.15) is 0 Å². The fraction of sp³-hybridized carbons (Fsp3) is 0.211. The first kappa shape index (κ1) is 20.3. The van der Waals surface area contributed by atoms with Gasteiger partial charge in [-0.25, -0.2) is 28.1 Å². The fourth-order valence-corrected chi connectivity index (χ4v) is 4.42. The second-order valence-electron chi connectivity index (χ2n) is 6.79. The van der Waals surface area contributed by atoms with E-state index >= 15 is 0 Å². The number of pyridine rings is 1. The number of likely N-dealkylation sites (N-methyl/N-ethyl adjacent to an activating group) is 1. The van der Waals surface area contributed by atoms with E-state index in [4.69, 9.17) is 16.6 Å². The lowest BCUT2D eigenvalue weighted by Crippen LogP contribution is -2.34. The van der Waals surface area contributed by atoms with E-state index < -0.39 is 10.0 Å². The maximum atomic E-state index is 12.4. The molecule has 0 unspecified atom stereocenters. The molecule has 4 aromatic rings. The lowest BCUT2D eigenvalue weighted by atomic mass is 10.1. The highest BCUT2D eigenvalue weighted by molar-refractivity contribution is 7.89. The number of hydrogen-bond donors (Lipinski definition) is 1. The van der Waals surface area contributed by atoms with E-state index in [2.05, 4.69) is 14.7 Å². The number of halogens is 1. The third-order valence-electron chi connectivity index (χ3n) is 4.70. The first-order valence-corrected chi connectivity index (χ1v) is 11.0. The first-order chi connectivity index (χ1) is 14.3. The van der Waals surface area contributed by atoms with Gasteiger partial charge in [-0.2, -0.15) is 0 Å². The molecule has 0 spiro atoms. The molecule has 3 aromatic heterocycles. The van der Waals surface area contributed by atoms with Crippen LogP contribution < -0.4 is 9.62 Å². The average Bonchev–Trinajstić information content (AvgIpc) is 3.38. The van der Waals surface area contributed by atoms with Crippen molar-refractivity contribution >= 4 is 38.3 Å². The number of aryl methyl sites for hydroxylation is 1. The molecule has 3 heterocycles. The topological polar surface area (TPSA) is 97.9 Å². The number of rotatable bonds is 7. The van der Waals surface area contributed by atoms with Gasteiger partial charge in [0.25, 0.3) is 10.0 Å². The smallest absolute Gasteiger partial charge is 0.257 e. The maximum Gasteiger partial charge on any atom is 0.257 e. The molecule has 9 nitrogen and oxygen atoms in total. The Hall–Kier alpha value is -2.95. The van der Waals surface area contributed by atoms with Crippen LogP contribution in [0.5, 0.6) is 0 Å². The molecule has 0 amide bonds. The molecule has 30 heavy (non-hydrogen) atoms. The van der Waals surface area contributed by atoms with E-state index in [1.807, 2.05) is 40.9 Å². The van der Waals surface area contributed by atoms with Crippen molar-refractivity contribution in [1.29, 1.82) is 0 Å². The number of imidazole rings is 2. The van der Waals surface area contributed by atoms with Crippen molar-refractivity contribution in [3.05, 3.63) is 60.5 Å². The highest BCUT2D eigenvalue weighted by Gasteiger charge is 2.18. The SMILES string of the molecule is CN(CCNS(=O)(=O)c1cncn1C)c1cc(-n2ccnc2)c2ccc(Cl)cc2n1. The summed E-state index contributed by atoms with van der Waals surface area (Å²) in [5, 5.41) is 1.65. The Morgan fingerprint density at radius 2 is 2.03 bits per heavy atom. The van der Waals surface area contributed by atoms with Crippen LogP contribution in [0.15, 0.2) is 60.5 Å². The second-order valence-corrected chi connectivity index (χ2v) is 8.94. The Morgan fingerprint density at radius 1 is 1.20 bits per heavy atom. The summed E-state index contributed by atoms with van der Waals surface area (Å²) in [6.45, 7) is 0.624. The Kier molecular flexibility index (Phi) is 5.46. The predicted molar refractivity (Wildman–Crippen MR) is 116 cm³/mol. The number of sulfonamides is 1. The molecule has 0 fully saturated rings. The highest BCUT2D eigenvalue weighted by atomic mass is 35.5. The monoisotopic (exact) mass is 445 g/mol. The zero-order chi connectivity index (χ0) is 21.3. The molecule has 11 heteroatoms. The number of fused-ring (bicyclic) bond motifs is 1. The van der Waals surface area contributed by atoms with Crippen molar-refractivity contribution in [2.24, 2.45) is 7.05 Å². The van der Waals surface area contributed by atoms with Crippen molar-refractivity contribution < 1.29 is 8.42 Å². The van der Waals surface area contributed by atoms with Crippen molar-refractivity contribution in [2.45, 2.75) is 5.03 Å². The summed E-state index contributed by atoms with van der Waals surface area (Å²) in [4.78, 5) is 14.6. The van der Waals surface area contributed by atoms with Crippen LogP contribution in [0.4, 0.5) is 5.82 Å². The van der Waals surface area contributed by atoms with E-state index in [9.17, 15) is 8.42 Å². The zero-order valence-electron chi connectivity index (χ0n) is 16.4. The van der Waals surface area contributed by atoms with Crippen LogP contribution in [-0.4, -0.2) is 52.6 Å². The van der Waals surface area contributed by atoms with Crippen molar-refractivity contribution in [2.75, 3.05) is 25.0 Å². The minimum absolute atomic E-state index is 0.117. The van der Waals surface area contributed by atoms with Crippen molar-refractivity contribution in [3.63, 3.8) is 0 Å². The quantitative estimate of drug-likeness (QED) is 0.468. The van der Waals surface area contributed by atoms with Gasteiger partial charge in [0.05, 0.1) is 30.1 Å². The summed E-state index contributed by atoms with van der Waals surface area (Å²) in [6.07, 6.45) is 8.05. The van der Waals surface area contributed by atoms with Gasteiger partial charge in [-0.15, -0.1) is 0 Å². The highest BCUT2D eigenvalue weighted by Crippen LogP contribution is 2.27. The Morgan fingerprint density at radius 3 is 2.73 bits per heavy atom. The van der Waals surface area contributed by atoms with Crippen LogP contribution in [0, 0.1) is 0 Å². The summed E-state index contributed by atoms with van der Waals surface area (Å²) in [7, 11) is -0.146. The molecule has 4 rings (SSSR count). The second kappa shape index (κ2) is 8.05. The summed E-state index contributed by atoms with van der Waals surface area (Å²) in [5.74, 6) is 0.688. The molecular weight excluding hydrogens is 426 g/mol. The number of nitrogens with one attached hydrogen (secondary N) is 1. The van der Waals surface area contributed by atoms with Gasteiger partial charge in [-0.3, -0.25) is 0 Å². The summed E-state index contributed by atoms with van der Waals surface area (Å²) >= 11 is 6.17. The number of hydrogen-bond acceptors (Lipinski definition) is 6. The first-order valence-electron chi connectivity index (χ1n) is 9.11. The molecule has 1 N–H and O–H groups in total. The van der Waals surface area contributed by atoms with E-state index in [0.29, 0.717) is 17.4 Å². The Bertz CT molecular complexity index is 1290. The van der Waals surface area contributed by atoms with E-state index in [1.54, 1.807) is 25.6 Å². The minimum Gasteiger partial charge on any atom is -0.358 e. The summed E-state index contributed by atoms with van der Waals surface area (Å²) < 4.78 is 30.8. The van der Waals surface area contributed by atoms with Crippen molar-refractivity contribution in [3.8, 4) is 5.69 Å². The van der Waals surface area contributed by atoms with Crippen LogP contribution in [0.2, 0.25) is 5.02 Å². The van der Waals surface area contributed by atoms with Gasteiger partial charge in [-0.05, 0) is 18.2 Å². The summed E-state index contributed by atoms with van der Waals surface area (Å²) in [5.41, 5.74) is 1.65. The van der Waals surface area contributed by atoms with Gasteiger partial charge in [-0.1, -0.05) is 11.6 Å². The lowest BCUT2D eigenvalue weighted by molar-refractivity contribution is 0.571. The number of anilines is 1. The molecule has 0 aliphatic carbocycles. The standard InChI is InChI=1S/C19H20ClN7O2S/c1-25(7-6-23-30(28,29)19-11-22-12-26(19)2)18-10-17(27-8-5-21-13-27)15-4-3-14(20)9-16(15)24-18/h3-5,8-13,23H,6-7H2,1-2H3. The van der Waals surface area contributed by atoms with Gasteiger partial charge in [0, 0.05) is 56.1 Å². The lowest BCUT2D eigenvalue weighted by Gasteiger charge is -2.20. The minimum atomic E-state index is -3.64. The average molecular weight is 446 g/mol. The Balaban J connectivity index is 1.57. The molecule has 0 atom stereocenters. The van der Waals surface area contributed by atoms with Gasteiger partial charge in [0.15, 0.2) is 5.03 Å². The molecule has 0 bridgehead atoms. The normalized spacial score (nSPS) is 11.8. The maximum absolute atomic E-state index is 12.4. The molecule has 0 radical (unpaired) electrons. The molecule has 0 saturated heterocycles. The number of benzene rings is 1. The molecule has 0 aliphatic rings. The Labute approximate surface area is 179 Å². The molecule has 1 aromatic carbocycles. The zero-order valence-corrected chi connectivity index (χ0v) is 18.0. The molecule has 0 saturated carbocycles. The van der Waals surface area contributed by atoms with Crippen LogP contribution >= 0.6 is 11.6 Å². The number of nitrogens with zero attached hydrogens (tertiary/aromatic N) is 6. The van der Waals surface area contributed by atoms with Gasteiger partial charge >= 0.3 is 0 Å².